The van der Waals surface area contributed by atoms with Crippen molar-refractivity contribution < 1.29 is 43.0 Å². The molecule has 0 bridgehead atoms. The van der Waals surface area contributed by atoms with Gasteiger partial charge in [0.25, 0.3) is 0 Å². The zero-order valence-corrected chi connectivity index (χ0v) is 22.6. The third-order valence-corrected chi connectivity index (χ3v) is 5.81. The maximum Gasteiger partial charge on any atom is 0.214 e. The second-order valence-electron chi connectivity index (χ2n) is 9.23. The van der Waals surface area contributed by atoms with Gasteiger partial charge in [-0.05, 0) is 41.8 Å². The minimum absolute atomic E-state index is 0. The van der Waals surface area contributed by atoms with Gasteiger partial charge in [0.05, 0.1) is 38.8 Å². The van der Waals surface area contributed by atoms with E-state index in [1.807, 2.05) is 0 Å². The first-order valence-corrected chi connectivity index (χ1v) is 10.9. The number of nitrogens with zero attached hydrogens (tertiary/aromatic N) is 2. The van der Waals surface area contributed by atoms with Crippen LogP contribution in [0.15, 0.2) is 72.8 Å². The number of benzene rings is 3. The summed E-state index contributed by atoms with van der Waals surface area (Å²) in [6.45, 7) is 2.20. The fourth-order valence-corrected chi connectivity index (χ4v) is 4.14. The molecule has 1 aromatic heterocycles. The smallest absolute Gasteiger partial charge is 0.214 e. The van der Waals surface area contributed by atoms with Crippen molar-refractivity contribution in [2.24, 2.45) is 7.05 Å². The fraction of sp³-hybridized carbons (Fsp3) is 0.296. The van der Waals surface area contributed by atoms with Gasteiger partial charge < -0.3 is 43.8 Å². The molecule has 0 atom stereocenters. The first-order valence-electron chi connectivity index (χ1n) is 10.9. The fourth-order valence-electron chi connectivity index (χ4n) is 4.14. The molecule has 5 heteroatoms. The van der Waals surface area contributed by atoms with Crippen LogP contribution in [0.2, 0.25) is 0 Å². The number of aromatic nitrogens is 1. The summed E-state index contributed by atoms with van der Waals surface area (Å²) in [5.41, 5.74) is 4.94. The van der Waals surface area contributed by atoms with Crippen LogP contribution in [-0.4, -0.2) is 38.7 Å². The minimum atomic E-state index is 0. The number of halogens is 2. The first kappa shape index (κ1) is 26.3. The molecule has 0 fully saturated rings. The van der Waals surface area contributed by atoms with Gasteiger partial charge in [-0.2, -0.15) is 4.57 Å². The van der Waals surface area contributed by atoms with E-state index in [9.17, 15) is 0 Å². The molecule has 3 nitrogen and oxygen atoms in total. The molecule has 4 rings (SSSR count). The van der Waals surface area contributed by atoms with Crippen molar-refractivity contribution in [1.29, 1.82) is 0 Å². The molecule has 32 heavy (non-hydrogen) atoms. The van der Waals surface area contributed by atoms with E-state index in [1.54, 1.807) is 0 Å². The topological polar surface area (TPSA) is 15.9 Å². The molecule has 0 spiro atoms. The monoisotopic (exact) mass is 557 g/mol. The van der Waals surface area contributed by atoms with Gasteiger partial charge in [0.2, 0.25) is 11.2 Å². The summed E-state index contributed by atoms with van der Waals surface area (Å²) in [4.78, 5) is 0. The zero-order chi connectivity index (χ0) is 21.1. The molecule has 170 valence electrons. The number of nitrogens with one attached hydrogen (secondary N) is 1. The number of unbranched alkanes of at least 4 members (excludes halogenated alkanes) is 1. The van der Waals surface area contributed by atoms with Crippen LogP contribution in [0.1, 0.15) is 12.8 Å². The second-order valence-corrected chi connectivity index (χ2v) is 9.23. The van der Waals surface area contributed by atoms with Crippen LogP contribution in [0.4, 0.5) is 5.69 Å². The Balaban J connectivity index is 0.00000181. The van der Waals surface area contributed by atoms with Crippen molar-refractivity contribution in [2.75, 3.05) is 39.5 Å². The first-order chi connectivity index (χ1) is 14.4. The van der Waals surface area contributed by atoms with Crippen molar-refractivity contribution in [3.05, 3.63) is 72.8 Å². The molecule has 0 saturated carbocycles. The Bertz CT molecular complexity index is 1180. The van der Waals surface area contributed by atoms with Gasteiger partial charge in [0.15, 0.2) is 0 Å². The van der Waals surface area contributed by atoms with E-state index in [2.05, 4.69) is 111 Å². The van der Waals surface area contributed by atoms with Crippen LogP contribution in [0.25, 0.3) is 32.9 Å². The Labute approximate surface area is 213 Å². The quantitative estimate of drug-likeness (QED) is 0.182. The summed E-state index contributed by atoms with van der Waals surface area (Å²) in [6.07, 6.45) is 2.41. The van der Waals surface area contributed by atoms with Gasteiger partial charge in [-0.1, -0.05) is 42.5 Å². The molecule has 0 amide bonds. The molecule has 3 aromatic carbocycles. The third-order valence-electron chi connectivity index (χ3n) is 5.81. The maximum absolute atomic E-state index is 3.73. The van der Waals surface area contributed by atoms with Crippen LogP contribution < -0.4 is 43.8 Å². The number of quaternary nitrogens is 1. The Hall–Kier alpha value is -1.95. The van der Waals surface area contributed by atoms with Crippen molar-refractivity contribution in [1.82, 2.24) is 0 Å². The highest BCUT2D eigenvalue weighted by Crippen LogP contribution is 2.28. The average Bonchev–Trinajstić information content (AvgIpc) is 2.74. The number of fused-ring (bicyclic) bond motifs is 2. The molecule has 1 heterocycles. The Kier molecular flexibility index (Phi) is 9.26. The van der Waals surface area contributed by atoms with Crippen LogP contribution >= 0.6 is 0 Å². The van der Waals surface area contributed by atoms with Gasteiger partial charge in [0.1, 0.15) is 7.05 Å². The second kappa shape index (κ2) is 11.3. The summed E-state index contributed by atoms with van der Waals surface area (Å²) in [5.74, 6) is 0. The summed E-state index contributed by atoms with van der Waals surface area (Å²) in [6, 6.07) is 26.3. The Morgan fingerprint density at radius 1 is 0.781 bits per heavy atom. The number of rotatable bonds is 7. The van der Waals surface area contributed by atoms with Crippen LogP contribution in [-0.2, 0) is 7.05 Å². The SMILES string of the molecule is C[n+]1c(-c2ccc3ccccc3c2)cc(NCCCC[N+](C)(C)C)c2ccccc21.[Br-].[Br-]. The van der Waals surface area contributed by atoms with Gasteiger partial charge in [0, 0.05) is 24.2 Å². The lowest BCUT2D eigenvalue weighted by Crippen LogP contribution is -3.00. The maximum atomic E-state index is 3.73. The largest absolute Gasteiger partial charge is 1.00 e. The normalized spacial score (nSPS) is 11.1. The number of hydrogen-bond acceptors (Lipinski definition) is 1. The molecule has 0 unspecified atom stereocenters. The highest BCUT2D eigenvalue weighted by atomic mass is 79.9. The molecule has 0 saturated heterocycles. The summed E-state index contributed by atoms with van der Waals surface area (Å²) >= 11 is 0. The predicted octanol–water partition coefficient (Wildman–Crippen LogP) is -0.609. The van der Waals surface area contributed by atoms with E-state index in [4.69, 9.17) is 0 Å². The van der Waals surface area contributed by atoms with Gasteiger partial charge in [-0.25, -0.2) is 0 Å². The van der Waals surface area contributed by atoms with Crippen molar-refractivity contribution in [3.8, 4) is 11.3 Å². The summed E-state index contributed by atoms with van der Waals surface area (Å²) in [5, 5.41) is 7.56. The number of pyridine rings is 1. The molecule has 1 N–H and O–H groups in total. The van der Waals surface area contributed by atoms with Crippen molar-refractivity contribution in [2.45, 2.75) is 12.8 Å². The predicted molar refractivity (Wildman–Crippen MR) is 129 cm³/mol. The molecule has 0 aliphatic carbocycles. The number of para-hydroxylation sites is 1. The van der Waals surface area contributed by atoms with E-state index >= 15 is 0 Å². The highest BCUT2D eigenvalue weighted by Gasteiger charge is 2.18. The van der Waals surface area contributed by atoms with Gasteiger partial charge >= 0.3 is 0 Å². The average molecular weight is 559 g/mol. The van der Waals surface area contributed by atoms with Crippen LogP contribution in [0, 0.1) is 0 Å². The standard InChI is InChI=1S/C27H32N3.2BrH/c1-29-26-14-8-7-13-24(26)25(28-17-9-10-18-30(2,3)4)20-27(29)23-16-15-21-11-5-6-12-22(21)19-23;;/h5-8,11-16,19-20H,9-10,17-18H2,1-4H3;2*1H/q+1;;/p-1. The molecule has 0 radical (unpaired) electrons. The number of anilines is 1. The van der Waals surface area contributed by atoms with E-state index in [0.29, 0.717) is 0 Å². The molecular weight excluding hydrogens is 526 g/mol. The van der Waals surface area contributed by atoms with E-state index < -0.39 is 0 Å². The summed E-state index contributed by atoms with van der Waals surface area (Å²) < 4.78 is 3.33. The number of aryl methyl sites for hydroxylation is 1. The van der Waals surface area contributed by atoms with Gasteiger partial charge in [-0.3, -0.25) is 0 Å². The van der Waals surface area contributed by atoms with Crippen molar-refractivity contribution in [3.63, 3.8) is 0 Å². The molecule has 0 aliphatic rings. The molecule has 0 aliphatic heterocycles. The zero-order valence-electron chi connectivity index (χ0n) is 19.4. The number of hydrogen-bond donors (Lipinski definition) is 1. The van der Waals surface area contributed by atoms with Crippen LogP contribution in [0.3, 0.4) is 0 Å². The lowest BCUT2D eigenvalue weighted by molar-refractivity contribution is -0.870. The lowest BCUT2D eigenvalue weighted by atomic mass is 10.0. The van der Waals surface area contributed by atoms with Crippen molar-refractivity contribution >= 4 is 27.4 Å². The molecular formula is C27H33Br2N3. The lowest BCUT2D eigenvalue weighted by Gasteiger charge is -2.23. The minimum Gasteiger partial charge on any atom is -1.00 e. The Morgan fingerprint density at radius 3 is 2.22 bits per heavy atom. The Morgan fingerprint density at radius 2 is 1.47 bits per heavy atom. The van der Waals surface area contributed by atoms with Crippen LogP contribution in [0.5, 0.6) is 0 Å². The van der Waals surface area contributed by atoms with E-state index in [0.717, 1.165) is 11.0 Å². The highest BCUT2D eigenvalue weighted by molar-refractivity contribution is 5.92. The van der Waals surface area contributed by atoms with E-state index in [-0.39, 0.29) is 34.0 Å². The molecule has 4 aromatic rings. The van der Waals surface area contributed by atoms with Gasteiger partial charge in [-0.15, -0.1) is 0 Å². The van der Waals surface area contributed by atoms with E-state index in [1.165, 1.54) is 58.0 Å². The summed E-state index contributed by atoms with van der Waals surface area (Å²) in [7, 11) is 8.94. The third kappa shape index (κ3) is 6.09.